The van der Waals surface area contributed by atoms with Crippen LogP contribution in [0, 0.1) is 0 Å². The van der Waals surface area contributed by atoms with Gasteiger partial charge in [-0.25, -0.2) is 0 Å². The molecule has 0 fully saturated rings. The second-order valence-electron chi connectivity index (χ2n) is 6.62. The average molecular weight is 327 g/mol. The van der Waals surface area contributed by atoms with Crippen LogP contribution >= 0.6 is 0 Å². The van der Waals surface area contributed by atoms with Crippen LogP contribution < -0.4 is 4.90 Å². The normalized spacial score (nSPS) is 16.6. The molecule has 1 amide bonds. The Balaban J connectivity index is 1.65. The first-order chi connectivity index (χ1) is 12.3. The lowest BCUT2D eigenvalue weighted by Gasteiger charge is -2.34. The lowest BCUT2D eigenvalue weighted by atomic mass is 9.84. The van der Waals surface area contributed by atoms with E-state index in [2.05, 4.69) is 54.6 Å². The highest BCUT2D eigenvalue weighted by Crippen LogP contribution is 2.38. The van der Waals surface area contributed by atoms with Crippen molar-refractivity contribution in [1.82, 2.24) is 0 Å². The van der Waals surface area contributed by atoms with E-state index in [9.17, 15) is 4.79 Å². The van der Waals surface area contributed by atoms with E-state index >= 15 is 0 Å². The molecule has 0 saturated carbocycles. The molecule has 3 aromatic carbocycles. The van der Waals surface area contributed by atoms with E-state index in [4.69, 9.17) is 0 Å². The maximum atomic E-state index is 12.9. The van der Waals surface area contributed by atoms with Crippen molar-refractivity contribution in [2.45, 2.75) is 25.3 Å². The number of benzene rings is 3. The summed E-state index contributed by atoms with van der Waals surface area (Å²) in [7, 11) is 0. The summed E-state index contributed by atoms with van der Waals surface area (Å²) in [6.45, 7) is 0.634. The summed E-state index contributed by atoms with van der Waals surface area (Å²) in [5, 5.41) is 0. The fourth-order valence-corrected chi connectivity index (χ4v) is 3.66. The van der Waals surface area contributed by atoms with E-state index in [1.807, 2.05) is 35.2 Å². The monoisotopic (exact) mass is 327 g/mol. The minimum absolute atomic E-state index is 0.212. The van der Waals surface area contributed by atoms with Gasteiger partial charge in [-0.3, -0.25) is 4.79 Å². The second-order valence-corrected chi connectivity index (χ2v) is 6.62. The predicted octanol–water partition coefficient (Wildman–Crippen LogP) is 4.95. The zero-order valence-electron chi connectivity index (χ0n) is 14.1. The number of anilines is 1. The molecule has 1 aliphatic rings. The van der Waals surface area contributed by atoms with Crippen LogP contribution in [-0.4, -0.2) is 5.91 Å². The van der Waals surface area contributed by atoms with Crippen LogP contribution in [0.15, 0.2) is 84.9 Å². The highest BCUT2D eigenvalue weighted by molar-refractivity contribution is 5.97. The van der Waals surface area contributed by atoms with E-state index in [0.717, 1.165) is 17.7 Å². The molecule has 1 heterocycles. The first-order valence-electron chi connectivity index (χ1n) is 8.78. The zero-order valence-corrected chi connectivity index (χ0v) is 14.1. The summed E-state index contributed by atoms with van der Waals surface area (Å²) < 4.78 is 0. The number of hydrogen-bond donors (Lipinski definition) is 0. The maximum Gasteiger partial charge on any atom is 0.227 e. The average Bonchev–Trinajstić information content (AvgIpc) is 2.66. The highest BCUT2D eigenvalue weighted by atomic mass is 16.2. The molecule has 124 valence electrons. The van der Waals surface area contributed by atoms with Gasteiger partial charge in [0.05, 0.1) is 6.54 Å². The molecule has 25 heavy (non-hydrogen) atoms. The Labute approximate surface area is 148 Å². The van der Waals surface area contributed by atoms with Gasteiger partial charge in [0.2, 0.25) is 5.91 Å². The van der Waals surface area contributed by atoms with Gasteiger partial charge in [0.15, 0.2) is 0 Å². The Morgan fingerprint density at radius 2 is 1.36 bits per heavy atom. The van der Waals surface area contributed by atoms with Crippen LogP contribution in [-0.2, 0) is 17.8 Å². The molecule has 3 aromatic rings. The lowest BCUT2D eigenvalue weighted by molar-refractivity contribution is -0.119. The molecule has 0 N–H and O–H groups in total. The fraction of sp³-hybridized carbons (Fsp3) is 0.174. The van der Waals surface area contributed by atoms with Crippen molar-refractivity contribution in [2.24, 2.45) is 0 Å². The molecule has 0 spiro atoms. The Hall–Kier alpha value is -2.87. The van der Waals surface area contributed by atoms with Gasteiger partial charge in [-0.2, -0.15) is 0 Å². The summed E-state index contributed by atoms with van der Waals surface area (Å²) in [5.74, 6) is 0.460. The summed E-state index contributed by atoms with van der Waals surface area (Å²) in [4.78, 5) is 14.8. The third kappa shape index (κ3) is 3.34. The number of amides is 1. The molecular formula is C23H21NO. The lowest BCUT2D eigenvalue weighted by Crippen LogP contribution is -2.36. The largest absolute Gasteiger partial charge is 0.308 e. The van der Waals surface area contributed by atoms with Crippen molar-refractivity contribution < 1.29 is 4.79 Å². The topological polar surface area (TPSA) is 20.3 Å². The van der Waals surface area contributed by atoms with Crippen molar-refractivity contribution in [3.63, 3.8) is 0 Å². The van der Waals surface area contributed by atoms with Gasteiger partial charge < -0.3 is 4.90 Å². The standard InChI is InChI=1S/C23H21NO/c25-23-16-20(15-18-9-3-1-4-10-18)21-13-7-8-14-22(21)24(23)17-19-11-5-2-6-12-19/h1-14,20H,15-17H2. The molecule has 4 rings (SSSR count). The van der Waals surface area contributed by atoms with Gasteiger partial charge in [-0.15, -0.1) is 0 Å². The van der Waals surface area contributed by atoms with E-state index in [1.165, 1.54) is 11.1 Å². The smallest absolute Gasteiger partial charge is 0.227 e. The van der Waals surface area contributed by atoms with Gasteiger partial charge in [0.1, 0.15) is 0 Å². The van der Waals surface area contributed by atoms with Crippen LogP contribution in [0.25, 0.3) is 0 Å². The molecule has 2 heteroatoms. The molecule has 1 atom stereocenters. The number of nitrogens with zero attached hydrogens (tertiary/aromatic N) is 1. The van der Waals surface area contributed by atoms with E-state index in [0.29, 0.717) is 13.0 Å². The van der Waals surface area contributed by atoms with Gasteiger partial charge in [0.25, 0.3) is 0 Å². The summed E-state index contributed by atoms with van der Waals surface area (Å²) in [5.41, 5.74) is 4.78. The molecule has 2 nitrogen and oxygen atoms in total. The Morgan fingerprint density at radius 3 is 2.08 bits per heavy atom. The molecule has 0 saturated heterocycles. The van der Waals surface area contributed by atoms with E-state index in [1.54, 1.807) is 0 Å². The number of carbonyl (C=O) groups is 1. The summed E-state index contributed by atoms with van der Waals surface area (Å²) in [6.07, 6.45) is 1.47. The number of fused-ring (bicyclic) bond motifs is 1. The Bertz CT molecular complexity index is 858. The third-order valence-electron chi connectivity index (χ3n) is 4.90. The van der Waals surface area contributed by atoms with E-state index in [-0.39, 0.29) is 11.8 Å². The molecular weight excluding hydrogens is 306 g/mol. The minimum Gasteiger partial charge on any atom is -0.308 e. The Kier molecular flexibility index (Phi) is 4.34. The predicted molar refractivity (Wildman–Crippen MR) is 102 cm³/mol. The Morgan fingerprint density at radius 1 is 0.760 bits per heavy atom. The summed E-state index contributed by atoms with van der Waals surface area (Å²) in [6, 6.07) is 29.0. The van der Waals surface area contributed by atoms with Crippen LogP contribution in [0.4, 0.5) is 5.69 Å². The van der Waals surface area contributed by atoms with Crippen LogP contribution in [0.3, 0.4) is 0 Å². The van der Waals surface area contributed by atoms with Gasteiger partial charge >= 0.3 is 0 Å². The first kappa shape index (κ1) is 15.6. The molecule has 0 aromatic heterocycles. The number of rotatable bonds is 4. The minimum atomic E-state index is 0.212. The SMILES string of the molecule is O=C1CC(Cc2ccccc2)c2ccccc2N1Cc1ccccc1. The molecule has 0 radical (unpaired) electrons. The zero-order chi connectivity index (χ0) is 17.1. The molecule has 1 unspecified atom stereocenters. The van der Waals surface area contributed by atoms with Crippen molar-refractivity contribution in [1.29, 1.82) is 0 Å². The van der Waals surface area contributed by atoms with Crippen LogP contribution in [0.2, 0.25) is 0 Å². The van der Waals surface area contributed by atoms with Crippen LogP contribution in [0.1, 0.15) is 29.0 Å². The van der Waals surface area contributed by atoms with Crippen LogP contribution in [0.5, 0.6) is 0 Å². The maximum absolute atomic E-state index is 12.9. The van der Waals surface area contributed by atoms with Crippen molar-refractivity contribution in [3.8, 4) is 0 Å². The molecule has 1 aliphatic heterocycles. The number of carbonyl (C=O) groups excluding carboxylic acids is 1. The number of para-hydroxylation sites is 1. The molecule has 0 bridgehead atoms. The second kappa shape index (κ2) is 6.94. The molecule has 0 aliphatic carbocycles. The van der Waals surface area contributed by atoms with Crippen molar-refractivity contribution >= 4 is 11.6 Å². The van der Waals surface area contributed by atoms with Gasteiger partial charge in [-0.1, -0.05) is 78.9 Å². The first-order valence-corrected chi connectivity index (χ1v) is 8.78. The quantitative estimate of drug-likeness (QED) is 0.664. The van der Waals surface area contributed by atoms with Crippen molar-refractivity contribution in [3.05, 3.63) is 102 Å². The van der Waals surface area contributed by atoms with Crippen molar-refractivity contribution in [2.75, 3.05) is 4.90 Å². The van der Waals surface area contributed by atoms with Gasteiger partial charge in [0, 0.05) is 12.1 Å². The fourth-order valence-electron chi connectivity index (χ4n) is 3.66. The van der Waals surface area contributed by atoms with E-state index < -0.39 is 0 Å². The third-order valence-corrected chi connectivity index (χ3v) is 4.90. The summed E-state index contributed by atoms with van der Waals surface area (Å²) >= 11 is 0. The number of hydrogen-bond acceptors (Lipinski definition) is 1. The highest BCUT2D eigenvalue weighted by Gasteiger charge is 2.31. The van der Waals surface area contributed by atoms with Gasteiger partial charge in [-0.05, 0) is 35.1 Å².